The molecule has 0 aliphatic carbocycles. The summed E-state index contributed by atoms with van der Waals surface area (Å²) in [5.41, 5.74) is 0. The molecule has 1 fully saturated rings. The van der Waals surface area contributed by atoms with Gasteiger partial charge < -0.3 is 10.6 Å². The summed E-state index contributed by atoms with van der Waals surface area (Å²) in [5.74, 6) is 2.34. The van der Waals surface area contributed by atoms with Gasteiger partial charge >= 0.3 is 6.03 Å². The molecule has 0 spiro atoms. The molecule has 1 saturated heterocycles. The van der Waals surface area contributed by atoms with Gasteiger partial charge in [0.15, 0.2) is 0 Å². The van der Waals surface area contributed by atoms with Crippen LogP contribution in [0, 0.1) is 0 Å². The van der Waals surface area contributed by atoms with E-state index in [2.05, 4.69) is 30.7 Å². The first-order valence-corrected chi connectivity index (χ1v) is 8.09. The fourth-order valence-corrected chi connectivity index (χ4v) is 2.77. The Labute approximate surface area is 107 Å². The summed E-state index contributed by atoms with van der Waals surface area (Å²) in [5, 5.41) is 5.99. The van der Waals surface area contributed by atoms with Gasteiger partial charge in [-0.2, -0.15) is 23.5 Å². The van der Waals surface area contributed by atoms with Crippen LogP contribution in [0.5, 0.6) is 0 Å². The maximum absolute atomic E-state index is 11.6. The van der Waals surface area contributed by atoms with E-state index in [1.54, 1.807) is 11.8 Å². The number of thioether (sulfide) groups is 2. The maximum atomic E-state index is 11.6. The second-order valence-corrected chi connectivity index (χ2v) is 7.42. The minimum Gasteiger partial charge on any atom is -0.337 e. The van der Waals surface area contributed by atoms with Gasteiger partial charge in [0, 0.05) is 17.3 Å². The SMILES string of the molecule is CSC(C)(C)CNC(=O)NC1CCSCC1. The number of carbonyl (C=O) groups excluding carboxylic acids is 1. The van der Waals surface area contributed by atoms with Crippen LogP contribution in [0.25, 0.3) is 0 Å². The van der Waals surface area contributed by atoms with Crippen LogP contribution in [0.2, 0.25) is 0 Å². The van der Waals surface area contributed by atoms with Crippen molar-refractivity contribution in [2.24, 2.45) is 0 Å². The number of carbonyl (C=O) groups is 1. The third kappa shape index (κ3) is 5.34. The van der Waals surface area contributed by atoms with Crippen LogP contribution in [-0.2, 0) is 0 Å². The molecule has 3 nitrogen and oxygen atoms in total. The smallest absolute Gasteiger partial charge is 0.315 e. The minimum atomic E-state index is -0.0148. The average molecular weight is 262 g/mol. The highest BCUT2D eigenvalue weighted by atomic mass is 32.2. The van der Waals surface area contributed by atoms with Gasteiger partial charge in [0.2, 0.25) is 0 Å². The average Bonchev–Trinajstić information content (AvgIpc) is 2.28. The van der Waals surface area contributed by atoms with E-state index >= 15 is 0 Å². The van der Waals surface area contributed by atoms with Crippen LogP contribution >= 0.6 is 23.5 Å². The van der Waals surface area contributed by atoms with E-state index in [1.165, 1.54) is 11.5 Å². The first kappa shape index (κ1) is 14.0. The number of nitrogens with one attached hydrogen (secondary N) is 2. The van der Waals surface area contributed by atoms with Crippen LogP contribution in [-0.4, -0.2) is 41.1 Å². The predicted octanol–water partition coefficient (Wildman–Crippen LogP) is 2.32. The van der Waals surface area contributed by atoms with Crippen LogP contribution in [0.4, 0.5) is 4.79 Å². The molecule has 0 saturated carbocycles. The summed E-state index contributed by atoms with van der Waals surface area (Å²) in [6.07, 6.45) is 4.27. The van der Waals surface area contributed by atoms with E-state index in [4.69, 9.17) is 0 Å². The molecule has 16 heavy (non-hydrogen) atoms. The number of hydrogen-bond acceptors (Lipinski definition) is 3. The van der Waals surface area contributed by atoms with Crippen molar-refractivity contribution in [3.05, 3.63) is 0 Å². The molecule has 1 heterocycles. The third-order valence-corrected chi connectivity index (χ3v) is 5.08. The Morgan fingerprint density at radius 3 is 2.62 bits per heavy atom. The Morgan fingerprint density at radius 2 is 2.06 bits per heavy atom. The van der Waals surface area contributed by atoms with E-state index in [0.29, 0.717) is 12.6 Å². The Bertz CT molecular complexity index is 228. The van der Waals surface area contributed by atoms with Crippen LogP contribution in [0.1, 0.15) is 26.7 Å². The van der Waals surface area contributed by atoms with Crippen molar-refractivity contribution in [1.29, 1.82) is 0 Å². The lowest BCUT2D eigenvalue weighted by atomic mass is 10.1. The fourth-order valence-electron chi connectivity index (χ4n) is 1.44. The van der Waals surface area contributed by atoms with Gasteiger partial charge in [0.1, 0.15) is 0 Å². The first-order valence-electron chi connectivity index (χ1n) is 5.71. The molecule has 0 unspecified atom stereocenters. The number of hydrogen-bond donors (Lipinski definition) is 2. The van der Waals surface area contributed by atoms with E-state index in [0.717, 1.165) is 12.8 Å². The van der Waals surface area contributed by atoms with Gasteiger partial charge in [-0.25, -0.2) is 4.79 Å². The Kier molecular flexibility index (Phi) is 5.83. The maximum Gasteiger partial charge on any atom is 0.315 e. The summed E-state index contributed by atoms with van der Waals surface area (Å²) < 4.78 is 0.111. The highest BCUT2D eigenvalue weighted by Gasteiger charge is 2.19. The molecule has 2 amide bonds. The van der Waals surface area contributed by atoms with Crippen LogP contribution in [0.3, 0.4) is 0 Å². The molecule has 2 N–H and O–H groups in total. The number of rotatable bonds is 4. The van der Waals surface area contributed by atoms with Crippen LogP contribution < -0.4 is 10.6 Å². The van der Waals surface area contributed by atoms with Crippen molar-refractivity contribution >= 4 is 29.6 Å². The van der Waals surface area contributed by atoms with E-state index in [1.807, 2.05) is 11.8 Å². The highest BCUT2D eigenvalue weighted by molar-refractivity contribution is 8.00. The van der Waals surface area contributed by atoms with E-state index < -0.39 is 0 Å². The lowest BCUT2D eigenvalue weighted by molar-refractivity contribution is 0.235. The Balaban J connectivity index is 2.19. The number of amides is 2. The summed E-state index contributed by atoms with van der Waals surface area (Å²) in [6, 6.07) is 0.359. The van der Waals surface area contributed by atoms with Crippen molar-refractivity contribution < 1.29 is 4.79 Å². The largest absolute Gasteiger partial charge is 0.337 e. The summed E-state index contributed by atoms with van der Waals surface area (Å²) in [6.45, 7) is 4.98. The van der Waals surface area contributed by atoms with Crippen molar-refractivity contribution in [1.82, 2.24) is 10.6 Å². The zero-order chi connectivity index (χ0) is 12.0. The molecule has 0 radical (unpaired) electrons. The van der Waals surface area contributed by atoms with Gasteiger partial charge in [0.05, 0.1) is 0 Å². The van der Waals surface area contributed by atoms with Crippen molar-refractivity contribution in [2.75, 3.05) is 24.3 Å². The highest BCUT2D eigenvalue weighted by Crippen LogP contribution is 2.19. The van der Waals surface area contributed by atoms with Crippen molar-refractivity contribution in [3.63, 3.8) is 0 Å². The predicted molar refractivity (Wildman–Crippen MR) is 74.5 cm³/mol. The molecular weight excluding hydrogens is 240 g/mol. The molecule has 1 aliphatic heterocycles. The fraction of sp³-hybridized carbons (Fsp3) is 0.909. The number of urea groups is 1. The molecule has 1 rings (SSSR count). The van der Waals surface area contributed by atoms with E-state index in [-0.39, 0.29) is 10.8 Å². The van der Waals surface area contributed by atoms with E-state index in [9.17, 15) is 4.79 Å². The van der Waals surface area contributed by atoms with Gasteiger partial charge in [-0.3, -0.25) is 0 Å². The summed E-state index contributed by atoms with van der Waals surface area (Å²) in [7, 11) is 0. The summed E-state index contributed by atoms with van der Waals surface area (Å²) >= 11 is 3.74. The van der Waals surface area contributed by atoms with Gasteiger partial charge in [-0.15, -0.1) is 0 Å². The lowest BCUT2D eigenvalue weighted by Gasteiger charge is -2.25. The Morgan fingerprint density at radius 1 is 1.44 bits per heavy atom. The zero-order valence-corrected chi connectivity index (χ0v) is 12.0. The minimum absolute atomic E-state index is 0.0148. The monoisotopic (exact) mass is 262 g/mol. The molecule has 0 atom stereocenters. The molecule has 5 heteroatoms. The lowest BCUT2D eigenvalue weighted by Crippen LogP contribution is -2.46. The topological polar surface area (TPSA) is 41.1 Å². The zero-order valence-electron chi connectivity index (χ0n) is 10.3. The third-order valence-electron chi connectivity index (χ3n) is 2.78. The summed E-state index contributed by atoms with van der Waals surface area (Å²) in [4.78, 5) is 11.6. The van der Waals surface area contributed by atoms with Gasteiger partial charge in [0.25, 0.3) is 0 Å². The molecule has 1 aliphatic rings. The second kappa shape index (κ2) is 6.64. The normalized spacial score (nSPS) is 18.2. The molecule has 94 valence electrons. The van der Waals surface area contributed by atoms with Gasteiger partial charge in [-0.05, 0) is 44.5 Å². The van der Waals surface area contributed by atoms with Crippen molar-refractivity contribution in [2.45, 2.75) is 37.5 Å². The van der Waals surface area contributed by atoms with Crippen LogP contribution in [0.15, 0.2) is 0 Å². The van der Waals surface area contributed by atoms with Crippen molar-refractivity contribution in [3.8, 4) is 0 Å². The van der Waals surface area contributed by atoms with Gasteiger partial charge in [-0.1, -0.05) is 0 Å². The molecule has 0 aromatic carbocycles. The quantitative estimate of drug-likeness (QED) is 0.817. The molecule has 0 aromatic rings. The Hall–Kier alpha value is -0.0300. The molecule has 0 aromatic heterocycles. The first-order chi connectivity index (χ1) is 7.53. The standard InChI is InChI=1S/C11H22N2OS2/c1-11(2,15-3)8-12-10(14)13-9-4-6-16-7-5-9/h9H,4-8H2,1-3H3,(H2,12,13,14). The molecule has 0 bridgehead atoms. The second-order valence-electron chi connectivity index (χ2n) is 4.68. The molecular formula is C11H22N2OS2.